The van der Waals surface area contributed by atoms with Crippen molar-refractivity contribution in [3.63, 3.8) is 0 Å². The average molecular weight is 559 g/mol. The predicted octanol–water partition coefficient (Wildman–Crippen LogP) is 1.89. The van der Waals surface area contributed by atoms with E-state index in [1.165, 1.54) is 22.3 Å². The molecule has 0 saturated carbocycles. The van der Waals surface area contributed by atoms with E-state index in [1.807, 2.05) is 0 Å². The summed E-state index contributed by atoms with van der Waals surface area (Å²) in [5, 5.41) is 0. The molecule has 4 aromatic rings. The van der Waals surface area contributed by atoms with Crippen molar-refractivity contribution < 1.29 is 48.0 Å². The van der Waals surface area contributed by atoms with E-state index in [2.05, 4.69) is 121 Å². The first-order valence-corrected chi connectivity index (χ1v) is 14.0. The van der Waals surface area contributed by atoms with Gasteiger partial charge in [-0.25, -0.2) is 0 Å². The second kappa shape index (κ2) is 11.0. The first-order chi connectivity index (χ1) is 15.9. The fraction of sp³-hybridized carbons (Fsp3) is 0.0968. The van der Waals surface area contributed by atoms with Crippen LogP contribution in [0.4, 0.5) is 0 Å². The first kappa shape index (κ1) is 24.9. The Hall–Kier alpha value is -2.18. The molecule has 0 nitrogen and oxygen atoms in total. The van der Waals surface area contributed by atoms with Crippen molar-refractivity contribution in [1.82, 2.24) is 0 Å². The smallest absolute Gasteiger partial charge is 1.00 e. The summed E-state index contributed by atoms with van der Waals surface area (Å²) in [6, 6.07) is 40.3. The summed E-state index contributed by atoms with van der Waals surface area (Å²) in [5.41, 5.74) is 10.3. The van der Waals surface area contributed by atoms with Crippen LogP contribution in [0, 0.1) is 0 Å². The number of rotatable bonds is 5. The third kappa shape index (κ3) is 4.55. The van der Waals surface area contributed by atoms with Crippen LogP contribution in [-0.2, 0) is 23.2 Å². The van der Waals surface area contributed by atoms with E-state index in [0.29, 0.717) is 9.54 Å². The van der Waals surface area contributed by atoms with E-state index in [0.717, 1.165) is 6.42 Å². The van der Waals surface area contributed by atoms with Crippen molar-refractivity contribution in [3.8, 4) is 11.1 Å². The van der Waals surface area contributed by atoms with Gasteiger partial charge in [0.05, 0.1) is 0 Å². The monoisotopic (exact) mass is 556 g/mol. The minimum Gasteiger partial charge on any atom is -1.00 e. The van der Waals surface area contributed by atoms with Gasteiger partial charge >= 0.3 is 203 Å². The molecule has 0 bridgehead atoms. The molecule has 0 saturated heterocycles. The minimum atomic E-state index is -0.897. The Morgan fingerprint density at radius 2 is 1.06 bits per heavy atom. The van der Waals surface area contributed by atoms with Crippen molar-refractivity contribution in [2.75, 3.05) is 0 Å². The van der Waals surface area contributed by atoms with Gasteiger partial charge in [-0.05, 0) is 0 Å². The van der Waals surface area contributed by atoms with Gasteiger partial charge in [-0.2, -0.15) is 0 Å². The van der Waals surface area contributed by atoms with Crippen LogP contribution >= 0.6 is 0 Å². The van der Waals surface area contributed by atoms with Crippen LogP contribution in [0.3, 0.4) is 0 Å². The molecule has 0 heterocycles. The normalized spacial score (nSPS) is 13.7. The number of benzene rings is 4. The molecule has 6 rings (SSSR count). The molecule has 0 atom stereocenters. The molecule has 0 radical (unpaired) electrons. The Balaban J connectivity index is 0.00000137. The molecule has 166 valence electrons. The fourth-order valence-electron chi connectivity index (χ4n) is 5.26. The van der Waals surface area contributed by atoms with E-state index in [-0.39, 0.29) is 24.8 Å². The van der Waals surface area contributed by atoms with Crippen molar-refractivity contribution in [3.05, 3.63) is 152 Å². The first-order valence-electron chi connectivity index (χ1n) is 11.3. The van der Waals surface area contributed by atoms with Crippen LogP contribution < -0.4 is 24.8 Å². The minimum absolute atomic E-state index is 0. The van der Waals surface area contributed by atoms with E-state index < -0.39 is 23.2 Å². The molecule has 0 unspecified atom stereocenters. The molecule has 3 heteroatoms. The summed E-state index contributed by atoms with van der Waals surface area (Å²) in [5.74, 6) is 0.318. The van der Waals surface area contributed by atoms with Crippen LogP contribution in [0.25, 0.3) is 11.1 Å². The number of hydrogen-bond acceptors (Lipinski definition) is 0. The molecular weight excluding hydrogens is 534 g/mol. The van der Waals surface area contributed by atoms with Gasteiger partial charge in [0.15, 0.2) is 0 Å². The van der Waals surface area contributed by atoms with Crippen molar-refractivity contribution in [1.29, 1.82) is 0 Å². The summed E-state index contributed by atoms with van der Waals surface area (Å²) in [6.45, 7) is 0. The van der Waals surface area contributed by atoms with Gasteiger partial charge in [-0.1, -0.05) is 0 Å². The van der Waals surface area contributed by atoms with Crippen LogP contribution in [0.1, 0.15) is 38.2 Å². The average Bonchev–Trinajstić information content (AvgIpc) is 3.44. The maximum Gasteiger partial charge on any atom is -1.00 e. The molecule has 0 amide bonds. The maximum atomic E-state index is 2.42. The maximum absolute atomic E-state index is 2.42. The van der Waals surface area contributed by atoms with Gasteiger partial charge in [0.1, 0.15) is 0 Å². The number of halogens is 2. The van der Waals surface area contributed by atoms with Gasteiger partial charge in [0.25, 0.3) is 0 Å². The Kier molecular flexibility index (Phi) is 8.10. The van der Waals surface area contributed by atoms with Gasteiger partial charge in [0.2, 0.25) is 0 Å². The van der Waals surface area contributed by atoms with Gasteiger partial charge < -0.3 is 24.8 Å². The molecule has 2 aliphatic carbocycles. The second-order valence-electron chi connectivity index (χ2n) is 8.55. The van der Waals surface area contributed by atoms with Crippen LogP contribution in [0.15, 0.2) is 130 Å². The standard InChI is InChI=1S/C18H15.C13H9.2ClH.Zr/c1-3-9-15(10-4-1)18(17-13-7-8-14-17)16-11-5-2-6-12-16;1-3-7-12-10(5-1)9-11-6-2-4-8-13(11)12;;;/h1-7,9-13,18H,8H2;1-9H;2*1H;/q;;;;+2/p-2. The Morgan fingerprint density at radius 1 is 0.588 bits per heavy atom. The Bertz CT molecular complexity index is 1240. The molecule has 0 aromatic heterocycles. The number of hydrogen-bond donors (Lipinski definition) is 0. The van der Waals surface area contributed by atoms with E-state index in [9.17, 15) is 0 Å². The predicted molar refractivity (Wildman–Crippen MR) is 129 cm³/mol. The van der Waals surface area contributed by atoms with Crippen molar-refractivity contribution in [2.24, 2.45) is 0 Å². The quantitative estimate of drug-likeness (QED) is 0.351. The molecule has 0 spiro atoms. The molecule has 0 aliphatic heterocycles. The summed E-state index contributed by atoms with van der Waals surface area (Å²) in [7, 11) is 0. The van der Waals surface area contributed by atoms with Crippen LogP contribution in [0.5, 0.6) is 0 Å². The van der Waals surface area contributed by atoms with Crippen LogP contribution in [-0.4, -0.2) is 0 Å². The SMILES string of the molecule is C1=CC(C(c2ccccc2)c2ccccc2)=[C]([Zr+2][CH]2c3ccccc3-c3ccccc32)C1.[Cl-].[Cl-]. The zero-order valence-corrected chi connectivity index (χ0v) is 22.6. The van der Waals surface area contributed by atoms with E-state index in [1.54, 1.807) is 20.0 Å². The van der Waals surface area contributed by atoms with Gasteiger partial charge in [-0.3, -0.25) is 0 Å². The molecule has 0 fully saturated rings. The Labute approximate surface area is 226 Å². The number of allylic oxidation sites excluding steroid dienone is 4. The van der Waals surface area contributed by atoms with E-state index >= 15 is 0 Å². The largest absolute Gasteiger partial charge is 1.00 e. The van der Waals surface area contributed by atoms with Gasteiger partial charge in [-0.15, -0.1) is 0 Å². The molecule has 34 heavy (non-hydrogen) atoms. The Morgan fingerprint density at radius 3 is 1.59 bits per heavy atom. The fourth-order valence-corrected chi connectivity index (χ4v) is 9.67. The van der Waals surface area contributed by atoms with Gasteiger partial charge in [0, 0.05) is 0 Å². The van der Waals surface area contributed by atoms with Crippen LogP contribution in [0.2, 0.25) is 0 Å². The summed E-state index contributed by atoms with van der Waals surface area (Å²) in [4.78, 5) is 0. The summed E-state index contributed by atoms with van der Waals surface area (Å²) in [6.07, 6.45) is 5.95. The zero-order chi connectivity index (χ0) is 21.3. The molecule has 2 aliphatic rings. The van der Waals surface area contributed by atoms with E-state index in [4.69, 9.17) is 0 Å². The van der Waals surface area contributed by atoms with Crippen molar-refractivity contribution in [2.45, 2.75) is 16.0 Å². The number of fused-ring (bicyclic) bond motifs is 3. The van der Waals surface area contributed by atoms with Crippen molar-refractivity contribution >= 4 is 0 Å². The third-order valence-corrected chi connectivity index (χ3v) is 11.0. The summed E-state index contributed by atoms with van der Waals surface area (Å²) < 4.78 is 2.34. The molecule has 4 aromatic carbocycles. The zero-order valence-electron chi connectivity index (χ0n) is 18.7. The molecule has 0 N–H and O–H groups in total. The third-order valence-electron chi connectivity index (χ3n) is 6.70. The second-order valence-corrected chi connectivity index (χ2v) is 12.2. The topological polar surface area (TPSA) is 0 Å². The molecular formula is C31H24Cl2Zr. The summed E-state index contributed by atoms with van der Waals surface area (Å²) >= 11 is -0.897.